The summed E-state index contributed by atoms with van der Waals surface area (Å²) in [6, 6.07) is 5.69. The first-order valence-electron chi connectivity index (χ1n) is 8.60. The smallest absolute Gasteiger partial charge is 0.277 e. The molecule has 8 heteroatoms. The highest BCUT2D eigenvalue weighted by Gasteiger charge is 2.23. The predicted octanol–water partition coefficient (Wildman–Crippen LogP) is 3.25. The Morgan fingerprint density at radius 3 is 2.81 bits per heavy atom. The number of methoxy groups -OCH3 is 2. The summed E-state index contributed by atoms with van der Waals surface area (Å²) in [6.07, 6.45) is 3.33. The zero-order chi connectivity index (χ0) is 18.5. The molecule has 1 aliphatic rings. The lowest BCUT2D eigenvalue weighted by Crippen LogP contribution is -2.42. The Balaban J connectivity index is 1.64. The van der Waals surface area contributed by atoms with Gasteiger partial charge in [0.2, 0.25) is 11.8 Å². The molecule has 3 rings (SSSR count). The number of hydrogen-bond acceptors (Lipinski definition) is 7. The molecule has 0 radical (unpaired) electrons. The number of aromatic nitrogens is 2. The maximum Gasteiger partial charge on any atom is 0.277 e. The van der Waals surface area contributed by atoms with E-state index in [1.54, 1.807) is 26.4 Å². The lowest BCUT2D eigenvalue weighted by atomic mass is 10.0. The van der Waals surface area contributed by atoms with E-state index in [0.717, 1.165) is 24.9 Å². The highest BCUT2D eigenvalue weighted by Crippen LogP contribution is 2.32. The van der Waals surface area contributed by atoms with Gasteiger partial charge in [-0.3, -0.25) is 4.79 Å². The number of likely N-dealkylation sites (tertiary alicyclic amines) is 1. The summed E-state index contributed by atoms with van der Waals surface area (Å²) in [5.74, 6) is 2.02. The molecule has 0 spiro atoms. The summed E-state index contributed by atoms with van der Waals surface area (Å²) >= 11 is 1.27. The lowest BCUT2D eigenvalue weighted by molar-refractivity contribution is -0.131. The van der Waals surface area contributed by atoms with Gasteiger partial charge in [0.05, 0.1) is 20.0 Å². The molecule has 140 valence electrons. The SMILES string of the molecule is COc1ccc(-c2nnc(SCC(=O)N3CCCCC3C)o2)cc1OC. The van der Waals surface area contributed by atoms with Gasteiger partial charge in [0.1, 0.15) is 0 Å². The third kappa shape index (κ3) is 4.12. The Labute approximate surface area is 157 Å². The van der Waals surface area contributed by atoms with Gasteiger partial charge in [0.25, 0.3) is 5.22 Å². The molecule has 1 fully saturated rings. The Morgan fingerprint density at radius 2 is 2.08 bits per heavy atom. The minimum atomic E-state index is 0.119. The summed E-state index contributed by atoms with van der Waals surface area (Å²) in [7, 11) is 3.16. The fourth-order valence-electron chi connectivity index (χ4n) is 3.03. The fraction of sp³-hybridized carbons (Fsp3) is 0.500. The van der Waals surface area contributed by atoms with E-state index < -0.39 is 0 Å². The van der Waals surface area contributed by atoms with Crippen LogP contribution in [0.1, 0.15) is 26.2 Å². The minimum absolute atomic E-state index is 0.119. The van der Waals surface area contributed by atoms with Gasteiger partial charge in [-0.1, -0.05) is 11.8 Å². The molecule has 0 saturated carbocycles. The molecule has 1 aromatic heterocycles. The number of benzene rings is 1. The molecule has 1 aliphatic heterocycles. The van der Waals surface area contributed by atoms with E-state index in [1.165, 1.54) is 18.2 Å². The summed E-state index contributed by atoms with van der Waals surface area (Å²) in [4.78, 5) is 14.3. The molecule has 1 saturated heterocycles. The van der Waals surface area contributed by atoms with Gasteiger partial charge in [0.15, 0.2) is 11.5 Å². The maximum absolute atomic E-state index is 12.4. The first-order chi connectivity index (χ1) is 12.6. The average molecular weight is 377 g/mol. The number of amides is 1. The second-order valence-electron chi connectivity index (χ2n) is 6.16. The van der Waals surface area contributed by atoms with Gasteiger partial charge in [-0.15, -0.1) is 10.2 Å². The minimum Gasteiger partial charge on any atom is -0.493 e. The molecule has 1 amide bonds. The van der Waals surface area contributed by atoms with Gasteiger partial charge >= 0.3 is 0 Å². The summed E-state index contributed by atoms with van der Waals surface area (Å²) in [5.41, 5.74) is 0.734. The highest BCUT2D eigenvalue weighted by molar-refractivity contribution is 7.99. The van der Waals surface area contributed by atoms with Crippen molar-refractivity contribution in [2.45, 2.75) is 37.5 Å². The van der Waals surface area contributed by atoms with E-state index in [9.17, 15) is 4.79 Å². The third-order valence-corrected chi connectivity index (χ3v) is 5.28. The number of thioether (sulfide) groups is 1. The van der Waals surface area contributed by atoms with Crippen molar-refractivity contribution in [3.63, 3.8) is 0 Å². The topological polar surface area (TPSA) is 77.7 Å². The normalized spacial score (nSPS) is 17.2. The number of ether oxygens (including phenoxy) is 2. The van der Waals surface area contributed by atoms with E-state index in [0.29, 0.717) is 34.4 Å². The van der Waals surface area contributed by atoms with Crippen LogP contribution in [0.2, 0.25) is 0 Å². The van der Waals surface area contributed by atoms with Crippen molar-refractivity contribution in [2.24, 2.45) is 0 Å². The second-order valence-corrected chi connectivity index (χ2v) is 7.09. The molecule has 1 atom stereocenters. The number of rotatable bonds is 6. The van der Waals surface area contributed by atoms with Gasteiger partial charge < -0.3 is 18.8 Å². The molecule has 0 bridgehead atoms. The molecular weight excluding hydrogens is 354 g/mol. The van der Waals surface area contributed by atoms with E-state index in [-0.39, 0.29) is 5.91 Å². The summed E-state index contributed by atoms with van der Waals surface area (Å²) in [6.45, 7) is 2.94. The maximum atomic E-state index is 12.4. The van der Waals surface area contributed by atoms with Crippen molar-refractivity contribution in [1.82, 2.24) is 15.1 Å². The molecule has 2 aromatic rings. The lowest BCUT2D eigenvalue weighted by Gasteiger charge is -2.33. The van der Waals surface area contributed by atoms with Crippen molar-refractivity contribution in [2.75, 3.05) is 26.5 Å². The Hall–Kier alpha value is -2.22. The molecule has 7 nitrogen and oxygen atoms in total. The zero-order valence-electron chi connectivity index (χ0n) is 15.2. The van der Waals surface area contributed by atoms with Gasteiger partial charge in [-0.2, -0.15) is 0 Å². The Morgan fingerprint density at radius 1 is 1.27 bits per heavy atom. The first-order valence-corrected chi connectivity index (χ1v) is 9.59. The van der Waals surface area contributed by atoms with E-state index in [4.69, 9.17) is 13.9 Å². The largest absolute Gasteiger partial charge is 0.493 e. The molecule has 1 unspecified atom stereocenters. The monoisotopic (exact) mass is 377 g/mol. The summed E-state index contributed by atoms with van der Waals surface area (Å²) < 4.78 is 16.2. The van der Waals surface area contributed by atoms with Crippen LogP contribution in [0.25, 0.3) is 11.5 Å². The van der Waals surface area contributed by atoms with Crippen LogP contribution < -0.4 is 9.47 Å². The number of carbonyl (C=O) groups is 1. The molecule has 26 heavy (non-hydrogen) atoms. The fourth-order valence-corrected chi connectivity index (χ4v) is 3.68. The Bertz CT molecular complexity index is 765. The van der Waals surface area contributed by atoms with Crippen molar-refractivity contribution < 1.29 is 18.7 Å². The van der Waals surface area contributed by atoms with Crippen LogP contribution in [0.3, 0.4) is 0 Å². The van der Waals surface area contributed by atoms with Crippen LogP contribution >= 0.6 is 11.8 Å². The van der Waals surface area contributed by atoms with Crippen LogP contribution in [-0.4, -0.2) is 53.6 Å². The van der Waals surface area contributed by atoms with E-state index in [1.807, 2.05) is 11.0 Å². The van der Waals surface area contributed by atoms with Crippen molar-refractivity contribution in [1.29, 1.82) is 0 Å². The standard InChI is InChI=1S/C18H23N3O4S/c1-12-6-4-5-9-21(12)16(22)11-26-18-20-19-17(25-18)13-7-8-14(23-2)15(10-13)24-3/h7-8,10,12H,4-6,9,11H2,1-3H3. The zero-order valence-corrected chi connectivity index (χ0v) is 16.0. The van der Waals surface area contributed by atoms with E-state index in [2.05, 4.69) is 17.1 Å². The van der Waals surface area contributed by atoms with Crippen LogP contribution in [0, 0.1) is 0 Å². The first kappa shape index (κ1) is 18.6. The number of hydrogen-bond donors (Lipinski definition) is 0. The highest BCUT2D eigenvalue weighted by atomic mass is 32.2. The molecular formula is C18H23N3O4S. The molecule has 1 aromatic carbocycles. The van der Waals surface area contributed by atoms with Crippen LogP contribution in [0.4, 0.5) is 0 Å². The summed E-state index contributed by atoms with van der Waals surface area (Å²) in [5, 5.41) is 8.48. The molecule has 0 aliphatic carbocycles. The quantitative estimate of drug-likeness (QED) is 0.715. The average Bonchev–Trinajstić information content (AvgIpc) is 3.15. The predicted molar refractivity (Wildman–Crippen MR) is 98.6 cm³/mol. The Kier molecular flexibility index (Phi) is 6.03. The number of piperidine rings is 1. The van der Waals surface area contributed by atoms with Crippen molar-refractivity contribution in [3.05, 3.63) is 18.2 Å². The van der Waals surface area contributed by atoms with Gasteiger partial charge in [-0.05, 0) is 44.4 Å². The van der Waals surface area contributed by atoms with Crippen LogP contribution in [0.15, 0.2) is 27.8 Å². The third-order valence-electron chi connectivity index (χ3n) is 4.48. The molecule has 2 heterocycles. The van der Waals surface area contributed by atoms with E-state index >= 15 is 0 Å². The second kappa shape index (κ2) is 8.44. The van der Waals surface area contributed by atoms with Gasteiger partial charge in [-0.25, -0.2) is 0 Å². The van der Waals surface area contributed by atoms with Crippen LogP contribution in [0.5, 0.6) is 11.5 Å². The molecule has 0 N–H and O–H groups in total. The van der Waals surface area contributed by atoms with Crippen molar-refractivity contribution >= 4 is 17.7 Å². The van der Waals surface area contributed by atoms with Crippen LogP contribution in [-0.2, 0) is 4.79 Å². The number of nitrogens with zero attached hydrogens (tertiary/aromatic N) is 3. The van der Waals surface area contributed by atoms with Gasteiger partial charge in [0, 0.05) is 18.2 Å². The number of carbonyl (C=O) groups excluding carboxylic acids is 1. The van der Waals surface area contributed by atoms with Crippen molar-refractivity contribution in [3.8, 4) is 23.0 Å².